The Labute approximate surface area is 165 Å². The largest absolute Gasteiger partial charge is 0.484 e. The van der Waals surface area contributed by atoms with Crippen molar-refractivity contribution in [2.45, 2.75) is 32.9 Å². The Morgan fingerprint density at radius 1 is 1.07 bits per heavy atom. The monoisotopic (exact) mass is 388 g/mol. The lowest BCUT2D eigenvalue weighted by molar-refractivity contribution is -0.142. The number of hydrogen-bond acceptors (Lipinski definition) is 3. The number of nitrogens with zero attached hydrogens (tertiary/aromatic N) is 1. The van der Waals surface area contributed by atoms with Gasteiger partial charge in [-0.05, 0) is 43.2 Å². The summed E-state index contributed by atoms with van der Waals surface area (Å²) in [5, 5.41) is 3.43. The predicted molar refractivity (Wildman–Crippen MR) is 107 cm³/mol. The molecule has 0 aliphatic rings. The Bertz CT molecular complexity index is 735. The Morgan fingerprint density at radius 3 is 2.33 bits per heavy atom. The molecule has 5 nitrogen and oxygen atoms in total. The zero-order valence-corrected chi connectivity index (χ0v) is 16.4. The molecule has 2 amide bonds. The van der Waals surface area contributed by atoms with Crippen molar-refractivity contribution in [3.05, 3.63) is 65.2 Å². The van der Waals surface area contributed by atoms with E-state index < -0.39 is 6.04 Å². The highest BCUT2D eigenvalue weighted by molar-refractivity contribution is 6.30. The Balaban J connectivity index is 2.17. The molecule has 144 valence electrons. The normalized spacial score (nSPS) is 11.5. The van der Waals surface area contributed by atoms with Crippen LogP contribution in [-0.4, -0.2) is 35.9 Å². The summed E-state index contributed by atoms with van der Waals surface area (Å²) in [6.07, 6.45) is 0.510. The highest BCUT2D eigenvalue weighted by atomic mass is 35.5. The van der Waals surface area contributed by atoms with Crippen LogP contribution in [0.3, 0.4) is 0 Å². The van der Waals surface area contributed by atoms with Gasteiger partial charge in [0.15, 0.2) is 6.61 Å². The summed E-state index contributed by atoms with van der Waals surface area (Å²) in [5.41, 5.74) is 0.898. The van der Waals surface area contributed by atoms with Crippen LogP contribution in [0.4, 0.5) is 0 Å². The van der Waals surface area contributed by atoms with Gasteiger partial charge in [-0.1, -0.05) is 48.9 Å². The van der Waals surface area contributed by atoms with E-state index in [0.29, 0.717) is 30.3 Å². The van der Waals surface area contributed by atoms with Crippen LogP contribution in [0.25, 0.3) is 0 Å². The summed E-state index contributed by atoms with van der Waals surface area (Å²) in [6.45, 7) is 4.44. The van der Waals surface area contributed by atoms with Crippen LogP contribution in [0, 0.1) is 0 Å². The van der Waals surface area contributed by atoms with Crippen LogP contribution in [0.15, 0.2) is 54.6 Å². The number of likely N-dealkylation sites (N-methyl/N-ethyl adjacent to an activating group) is 1. The van der Waals surface area contributed by atoms with Gasteiger partial charge in [0, 0.05) is 18.1 Å². The molecule has 0 bridgehead atoms. The number of benzene rings is 2. The van der Waals surface area contributed by atoms with E-state index in [0.717, 1.165) is 5.56 Å². The van der Waals surface area contributed by atoms with E-state index in [1.807, 2.05) is 44.2 Å². The molecule has 6 heteroatoms. The molecule has 1 unspecified atom stereocenters. The Kier molecular flexibility index (Phi) is 8.14. The van der Waals surface area contributed by atoms with Crippen LogP contribution >= 0.6 is 11.6 Å². The summed E-state index contributed by atoms with van der Waals surface area (Å²) in [5.74, 6) is 0.206. The first-order chi connectivity index (χ1) is 13.0. The van der Waals surface area contributed by atoms with Gasteiger partial charge in [-0.3, -0.25) is 9.59 Å². The summed E-state index contributed by atoms with van der Waals surface area (Å²) in [4.78, 5) is 26.9. The molecular formula is C21H25ClN2O3. The zero-order chi connectivity index (χ0) is 19.6. The van der Waals surface area contributed by atoms with Crippen LogP contribution in [0.2, 0.25) is 5.02 Å². The number of carbonyl (C=O) groups excluding carboxylic acids is 2. The first kappa shape index (κ1) is 20.8. The number of nitrogens with one attached hydrogen (secondary N) is 1. The fraction of sp³-hybridized carbons (Fsp3) is 0.333. The van der Waals surface area contributed by atoms with Gasteiger partial charge >= 0.3 is 0 Å². The molecule has 0 saturated heterocycles. The standard InChI is InChI=1S/C21H25ClN2O3/c1-3-19(21(26)23-4-2)24(14-16-10-12-17(22)13-11-16)20(25)15-27-18-8-6-5-7-9-18/h5-13,19H,3-4,14-15H2,1-2H3,(H,23,26). The van der Waals surface area contributed by atoms with Crippen molar-refractivity contribution in [2.24, 2.45) is 0 Å². The molecule has 0 radical (unpaired) electrons. The second-order valence-electron chi connectivity index (χ2n) is 6.07. The topological polar surface area (TPSA) is 58.6 Å². The summed E-state index contributed by atoms with van der Waals surface area (Å²) in [6, 6.07) is 15.8. The van der Waals surface area contributed by atoms with Gasteiger partial charge in [0.05, 0.1) is 0 Å². The molecule has 2 aromatic rings. The van der Waals surface area contributed by atoms with Crippen LogP contribution in [0.5, 0.6) is 5.75 Å². The van der Waals surface area contributed by atoms with Crippen molar-refractivity contribution in [3.8, 4) is 5.75 Å². The van der Waals surface area contributed by atoms with Crippen molar-refractivity contribution in [1.29, 1.82) is 0 Å². The maximum Gasteiger partial charge on any atom is 0.261 e. The molecule has 0 aliphatic heterocycles. The maximum atomic E-state index is 12.9. The van der Waals surface area contributed by atoms with Crippen LogP contribution in [-0.2, 0) is 16.1 Å². The van der Waals surface area contributed by atoms with Gasteiger partial charge in [-0.2, -0.15) is 0 Å². The molecule has 2 rings (SSSR count). The van der Waals surface area contributed by atoms with E-state index in [1.54, 1.807) is 29.2 Å². The molecule has 0 spiro atoms. The molecule has 0 aromatic heterocycles. The SMILES string of the molecule is CCNC(=O)C(CC)N(Cc1ccc(Cl)cc1)C(=O)COc1ccccc1. The quantitative estimate of drug-likeness (QED) is 0.713. The van der Waals surface area contributed by atoms with E-state index in [4.69, 9.17) is 16.3 Å². The minimum absolute atomic E-state index is 0.131. The second-order valence-corrected chi connectivity index (χ2v) is 6.50. The minimum Gasteiger partial charge on any atom is -0.484 e. The van der Waals surface area contributed by atoms with Crippen molar-refractivity contribution in [3.63, 3.8) is 0 Å². The Morgan fingerprint density at radius 2 is 1.74 bits per heavy atom. The fourth-order valence-electron chi connectivity index (χ4n) is 2.74. The highest BCUT2D eigenvalue weighted by Crippen LogP contribution is 2.16. The first-order valence-electron chi connectivity index (χ1n) is 9.04. The molecule has 2 aromatic carbocycles. The van der Waals surface area contributed by atoms with E-state index >= 15 is 0 Å². The molecule has 1 N–H and O–H groups in total. The molecular weight excluding hydrogens is 364 g/mol. The third kappa shape index (κ3) is 6.29. The third-order valence-corrected chi connectivity index (χ3v) is 4.36. The lowest BCUT2D eigenvalue weighted by Gasteiger charge is -2.30. The molecule has 27 heavy (non-hydrogen) atoms. The lowest BCUT2D eigenvalue weighted by atomic mass is 10.1. The van der Waals surface area contributed by atoms with Crippen molar-refractivity contribution in [2.75, 3.05) is 13.2 Å². The lowest BCUT2D eigenvalue weighted by Crippen LogP contribution is -2.50. The van der Waals surface area contributed by atoms with E-state index in [9.17, 15) is 9.59 Å². The molecule has 0 heterocycles. The van der Waals surface area contributed by atoms with E-state index in [1.165, 1.54) is 0 Å². The highest BCUT2D eigenvalue weighted by Gasteiger charge is 2.28. The molecule has 1 atom stereocenters. The third-order valence-electron chi connectivity index (χ3n) is 4.11. The smallest absolute Gasteiger partial charge is 0.261 e. The number of amides is 2. The number of carbonyl (C=O) groups is 2. The average molecular weight is 389 g/mol. The summed E-state index contributed by atoms with van der Waals surface area (Å²) < 4.78 is 5.60. The van der Waals surface area contributed by atoms with Crippen molar-refractivity contribution in [1.82, 2.24) is 10.2 Å². The predicted octanol–water partition coefficient (Wildman–Crippen LogP) is 3.66. The number of halogens is 1. The molecule has 0 fully saturated rings. The summed E-state index contributed by atoms with van der Waals surface area (Å²) in [7, 11) is 0. The van der Waals surface area contributed by atoms with Gasteiger partial charge in [-0.15, -0.1) is 0 Å². The number of para-hydroxylation sites is 1. The van der Waals surface area contributed by atoms with E-state index in [2.05, 4.69) is 5.32 Å². The summed E-state index contributed by atoms with van der Waals surface area (Å²) >= 11 is 5.95. The van der Waals surface area contributed by atoms with Crippen molar-refractivity contribution >= 4 is 23.4 Å². The second kappa shape index (κ2) is 10.6. The van der Waals surface area contributed by atoms with Crippen LogP contribution in [0.1, 0.15) is 25.8 Å². The van der Waals surface area contributed by atoms with Gasteiger partial charge in [0.25, 0.3) is 5.91 Å². The van der Waals surface area contributed by atoms with Gasteiger partial charge in [0.2, 0.25) is 5.91 Å². The van der Waals surface area contributed by atoms with Gasteiger partial charge in [0.1, 0.15) is 11.8 Å². The first-order valence-corrected chi connectivity index (χ1v) is 9.42. The van der Waals surface area contributed by atoms with E-state index in [-0.39, 0.29) is 18.4 Å². The minimum atomic E-state index is -0.562. The zero-order valence-electron chi connectivity index (χ0n) is 15.7. The number of ether oxygens (including phenoxy) is 1. The Hall–Kier alpha value is -2.53. The van der Waals surface area contributed by atoms with Gasteiger partial charge in [-0.25, -0.2) is 0 Å². The van der Waals surface area contributed by atoms with Crippen molar-refractivity contribution < 1.29 is 14.3 Å². The molecule has 0 aliphatic carbocycles. The molecule has 0 saturated carbocycles. The average Bonchev–Trinajstić information content (AvgIpc) is 2.68. The maximum absolute atomic E-state index is 12.9. The van der Waals surface area contributed by atoms with Gasteiger partial charge < -0.3 is 15.0 Å². The fourth-order valence-corrected chi connectivity index (χ4v) is 2.87. The number of rotatable bonds is 9. The number of hydrogen-bond donors (Lipinski definition) is 1. The van der Waals surface area contributed by atoms with Crippen LogP contribution < -0.4 is 10.1 Å².